The maximum Gasteiger partial charge on any atom is 0.176 e. The average molecular weight is 336 g/mol. The number of hydrogen-bond acceptors (Lipinski definition) is 7. The summed E-state index contributed by atoms with van der Waals surface area (Å²) in [7, 11) is 0. The first-order valence-corrected chi connectivity index (χ1v) is 9.91. The summed E-state index contributed by atoms with van der Waals surface area (Å²) in [4.78, 5) is 15.8. The van der Waals surface area contributed by atoms with Crippen molar-refractivity contribution >= 4 is 39.3 Å². The van der Waals surface area contributed by atoms with Gasteiger partial charge in [0.25, 0.3) is 0 Å². The van der Waals surface area contributed by atoms with Crippen molar-refractivity contribution in [2.75, 3.05) is 30.9 Å². The van der Waals surface area contributed by atoms with Crippen molar-refractivity contribution in [1.29, 1.82) is 0 Å². The van der Waals surface area contributed by atoms with Gasteiger partial charge in [0, 0.05) is 19.7 Å². The molecule has 1 atom stereocenters. The Morgan fingerprint density at radius 3 is 2.86 bits per heavy atom. The maximum absolute atomic E-state index is 5.87. The Bertz CT molecular complexity index is 648. The van der Waals surface area contributed by atoms with Gasteiger partial charge in [0.05, 0.1) is 6.10 Å². The number of thiazole rings is 1. The molecule has 0 aromatic carbocycles. The molecule has 1 unspecified atom stereocenters. The molecule has 7 heteroatoms. The number of rotatable bonds is 3. The number of fused-ring (bicyclic) bond motifs is 1. The fourth-order valence-corrected chi connectivity index (χ4v) is 5.02. The van der Waals surface area contributed by atoms with Crippen molar-refractivity contribution in [2.45, 2.75) is 36.1 Å². The van der Waals surface area contributed by atoms with Crippen molar-refractivity contribution in [3.8, 4) is 0 Å². The summed E-state index contributed by atoms with van der Waals surface area (Å²) in [6.45, 7) is 3.07. The molecule has 0 amide bonds. The van der Waals surface area contributed by atoms with E-state index >= 15 is 0 Å². The normalized spacial score (nSPS) is 23.5. The molecule has 2 aromatic rings. The first-order chi connectivity index (χ1) is 10.8. The second-order valence-electron chi connectivity index (χ2n) is 5.91. The number of anilines is 1. The molecule has 5 nitrogen and oxygen atoms in total. The van der Waals surface area contributed by atoms with Gasteiger partial charge in [-0.25, -0.2) is 15.0 Å². The summed E-state index contributed by atoms with van der Waals surface area (Å²) >= 11 is 3.38. The monoisotopic (exact) mass is 336 g/mol. The van der Waals surface area contributed by atoms with E-state index in [9.17, 15) is 0 Å². The predicted molar refractivity (Wildman–Crippen MR) is 90.9 cm³/mol. The van der Waals surface area contributed by atoms with Crippen LogP contribution in [-0.2, 0) is 4.74 Å². The minimum atomic E-state index is 0.499. The Kier molecular flexibility index (Phi) is 4.19. The van der Waals surface area contributed by atoms with Crippen LogP contribution in [0, 0.1) is 5.92 Å². The van der Waals surface area contributed by atoms with E-state index in [4.69, 9.17) is 4.74 Å². The minimum Gasteiger partial charge on any atom is -0.378 e. The first-order valence-electron chi connectivity index (χ1n) is 7.87. The summed E-state index contributed by atoms with van der Waals surface area (Å²) in [5.41, 5.74) is 0.834. The molecule has 2 fully saturated rings. The molecule has 2 saturated heterocycles. The molecule has 2 aliphatic heterocycles. The molecule has 2 aromatic heterocycles. The molecule has 0 N–H and O–H groups in total. The van der Waals surface area contributed by atoms with Crippen LogP contribution in [0.4, 0.5) is 5.82 Å². The molecule has 22 heavy (non-hydrogen) atoms. The van der Waals surface area contributed by atoms with E-state index in [-0.39, 0.29) is 0 Å². The fourth-order valence-electron chi connectivity index (χ4n) is 3.49. The van der Waals surface area contributed by atoms with Gasteiger partial charge in [-0.1, -0.05) is 11.8 Å². The zero-order chi connectivity index (χ0) is 14.9. The van der Waals surface area contributed by atoms with Gasteiger partial charge in [0.2, 0.25) is 0 Å². The molecule has 118 valence electrons. The summed E-state index contributed by atoms with van der Waals surface area (Å²) < 4.78 is 8.05. The second kappa shape index (κ2) is 6.29. The quantitative estimate of drug-likeness (QED) is 0.802. The first kappa shape index (κ1) is 14.7. The highest BCUT2D eigenvalue weighted by Crippen LogP contribution is 2.35. The number of thioether (sulfide) groups is 1. The van der Waals surface area contributed by atoms with Gasteiger partial charge in [0.1, 0.15) is 11.0 Å². The standard InChI is InChI=1S/C15H20N4OS2/c1-21-15-18-13-12(22-15)14(17-9-16-13)19-6-4-10(5-7-19)11-3-2-8-20-11/h9-11H,2-8H2,1H3. The van der Waals surface area contributed by atoms with Gasteiger partial charge in [-0.3, -0.25) is 0 Å². The maximum atomic E-state index is 5.87. The smallest absolute Gasteiger partial charge is 0.176 e. The van der Waals surface area contributed by atoms with E-state index < -0.39 is 0 Å². The summed E-state index contributed by atoms with van der Waals surface area (Å²) in [6.07, 6.45) is 9.07. The van der Waals surface area contributed by atoms with Gasteiger partial charge >= 0.3 is 0 Å². The van der Waals surface area contributed by atoms with Crippen LogP contribution in [0.25, 0.3) is 10.3 Å². The lowest BCUT2D eigenvalue weighted by Gasteiger charge is -2.35. The Morgan fingerprint density at radius 2 is 2.14 bits per heavy atom. The topological polar surface area (TPSA) is 51.1 Å². The highest BCUT2D eigenvalue weighted by Gasteiger charge is 2.30. The van der Waals surface area contributed by atoms with E-state index in [1.165, 1.54) is 25.7 Å². The van der Waals surface area contributed by atoms with Crippen LogP contribution in [0.1, 0.15) is 25.7 Å². The minimum absolute atomic E-state index is 0.499. The van der Waals surface area contributed by atoms with Crippen molar-refractivity contribution < 1.29 is 4.74 Å². The highest BCUT2D eigenvalue weighted by atomic mass is 32.2. The summed E-state index contributed by atoms with van der Waals surface area (Å²) in [6, 6.07) is 0. The Labute approximate surface area is 138 Å². The van der Waals surface area contributed by atoms with Gasteiger partial charge in [-0.05, 0) is 37.9 Å². The van der Waals surface area contributed by atoms with Crippen LogP contribution in [0.3, 0.4) is 0 Å². The van der Waals surface area contributed by atoms with Crippen molar-refractivity contribution in [3.63, 3.8) is 0 Å². The third-order valence-corrected chi connectivity index (χ3v) is 6.68. The Balaban J connectivity index is 1.52. The lowest BCUT2D eigenvalue weighted by atomic mass is 9.90. The van der Waals surface area contributed by atoms with Gasteiger partial charge in [0.15, 0.2) is 15.8 Å². The molecule has 4 heterocycles. The molecule has 2 aliphatic rings. The SMILES string of the molecule is CSc1nc2ncnc(N3CCC(C4CCCO4)CC3)c2s1. The van der Waals surface area contributed by atoms with E-state index in [1.807, 2.05) is 0 Å². The largest absolute Gasteiger partial charge is 0.378 e. The zero-order valence-corrected chi connectivity index (χ0v) is 14.3. The highest BCUT2D eigenvalue weighted by molar-refractivity contribution is 8.00. The van der Waals surface area contributed by atoms with E-state index in [0.717, 1.165) is 46.1 Å². The van der Waals surface area contributed by atoms with Crippen molar-refractivity contribution in [3.05, 3.63) is 6.33 Å². The zero-order valence-electron chi connectivity index (χ0n) is 12.7. The number of ether oxygens (including phenoxy) is 1. The summed E-state index contributed by atoms with van der Waals surface area (Å²) in [5, 5.41) is 0. The molecular formula is C15H20N4OS2. The van der Waals surface area contributed by atoms with Crippen molar-refractivity contribution in [1.82, 2.24) is 15.0 Å². The number of aromatic nitrogens is 3. The van der Waals surface area contributed by atoms with Gasteiger partial charge in [-0.15, -0.1) is 11.3 Å². The molecule has 0 saturated carbocycles. The third-order valence-electron chi connectivity index (χ3n) is 4.66. The lowest BCUT2D eigenvalue weighted by molar-refractivity contribution is 0.0531. The summed E-state index contributed by atoms with van der Waals surface area (Å²) in [5.74, 6) is 1.79. The van der Waals surface area contributed by atoms with Crippen LogP contribution in [0.5, 0.6) is 0 Å². The molecule has 0 radical (unpaired) electrons. The third kappa shape index (κ3) is 2.70. The number of piperidine rings is 1. The van der Waals surface area contributed by atoms with Gasteiger partial charge in [-0.2, -0.15) is 0 Å². The lowest BCUT2D eigenvalue weighted by Crippen LogP contribution is -2.38. The van der Waals surface area contributed by atoms with Crippen LogP contribution < -0.4 is 4.90 Å². The molecule has 4 rings (SSSR count). The fraction of sp³-hybridized carbons (Fsp3) is 0.667. The van der Waals surface area contributed by atoms with Gasteiger partial charge < -0.3 is 9.64 Å². The Morgan fingerprint density at radius 1 is 1.27 bits per heavy atom. The van der Waals surface area contributed by atoms with Crippen molar-refractivity contribution in [2.24, 2.45) is 5.92 Å². The Hall–Kier alpha value is -0.920. The predicted octanol–water partition coefficient (Wildman–Crippen LogP) is 3.20. The van der Waals surface area contributed by atoms with E-state index in [1.54, 1.807) is 29.4 Å². The molecule has 0 aliphatic carbocycles. The van der Waals surface area contributed by atoms with E-state index in [2.05, 4.69) is 26.1 Å². The van der Waals surface area contributed by atoms with Crippen LogP contribution in [0.15, 0.2) is 10.7 Å². The average Bonchev–Trinajstić information content (AvgIpc) is 3.23. The molecule has 0 bridgehead atoms. The number of hydrogen-bond donors (Lipinski definition) is 0. The molecule has 0 spiro atoms. The van der Waals surface area contributed by atoms with E-state index in [0.29, 0.717) is 6.10 Å². The second-order valence-corrected chi connectivity index (χ2v) is 7.96. The number of nitrogens with zero attached hydrogens (tertiary/aromatic N) is 4. The van der Waals surface area contributed by atoms with Crippen LogP contribution in [-0.4, -0.2) is 47.0 Å². The molecular weight excluding hydrogens is 316 g/mol. The van der Waals surface area contributed by atoms with Crippen LogP contribution in [0.2, 0.25) is 0 Å². The van der Waals surface area contributed by atoms with Crippen LogP contribution >= 0.6 is 23.1 Å².